The molecule has 1 N–H and O–H groups in total. The van der Waals surface area contributed by atoms with Gasteiger partial charge < -0.3 is 29.0 Å². The van der Waals surface area contributed by atoms with Crippen LogP contribution >= 0.6 is 0 Å². The van der Waals surface area contributed by atoms with Crippen molar-refractivity contribution in [2.45, 2.75) is 6.92 Å². The molecule has 0 aliphatic carbocycles. The van der Waals surface area contributed by atoms with Gasteiger partial charge in [0.05, 0.1) is 27.9 Å². The lowest BCUT2D eigenvalue weighted by Gasteiger charge is -2.11. The molecule has 11 heteroatoms. The third-order valence-electron chi connectivity index (χ3n) is 5.23. The molecule has 0 aliphatic rings. The van der Waals surface area contributed by atoms with Crippen LogP contribution in [0.2, 0.25) is 0 Å². The van der Waals surface area contributed by atoms with Crippen molar-refractivity contribution in [3.63, 3.8) is 0 Å². The highest BCUT2D eigenvalue weighted by Crippen LogP contribution is 2.32. The molecule has 0 aliphatic heterocycles. The third-order valence-corrected chi connectivity index (χ3v) is 5.23. The van der Waals surface area contributed by atoms with E-state index in [-0.39, 0.29) is 25.7 Å². The van der Waals surface area contributed by atoms with Crippen molar-refractivity contribution in [1.82, 2.24) is 25.1 Å². The van der Waals surface area contributed by atoms with E-state index >= 15 is 0 Å². The van der Waals surface area contributed by atoms with Crippen LogP contribution in [0.1, 0.15) is 5.56 Å². The highest BCUT2D eigenvalue weighted by Gasteiger charge is 2.14. The van der Waals surface area contributed by atoms with Crippen LogP contribution in [0.5, 0.6) is 28.9 Å². The van der Waals surface area contributed by atoms with E-state index in [0.29, 0.717) is 40.3 Å². The fourth-order valence-electron chi connectivity index (χ4n) is 3.44. The Labute approximate surface area is 207 Å². The van der Waals surface area contributed by atoms with Gasteiger partial charge in [0.2, 0.25) is 5.88 Å². The second-order valence-electron chi connectivity index (χ2n) is 7.68. The van der Waals surface area contributed by atoms with E-state index in [1.807, 2.05) is 25.1 Å². The first-order valence-electron chi connectivity index (χ1n) is 11.1. The van der Waals surface area contributed by atoms with Gasteiger partial charge in [-0.1, -0.05) is 6.07 Å². The van der Waals surface area contributed by atoms with Crippen molar-refractivity contribution < 1.29 is 28.5 Å². The molecule has 0 atom stereocenters. The lowest BCUT2D eigenvalue weighted by molar-refractivity contribution is -0.123. The number of nitrogens with one attached hydrogen (secondary N) is 1. The Morgan fingerprint density at radius 2 is 1.61 bits per heavy atom. The zero-order valence-electron chi connectivity index (χ0n) is 20.5. The molecule has 0 bridgehead atoms. The van der Waals surface area contributed by atoms with Gasteiger partial charge in [0.15, 0.2) is 41.1 Å². The quantitative estimate of drug-likeness (QED) is 0.315. The van der Waals surface area contributed by atoms with Crippen LogP contribution in [-0.4, -0.2) is 66.8 Å². The number of rotatable bonds is 11. The summed E-state index contributed by atoms with van der Waals surface area (Å²) in [7, 11) is 4.70. The molecule has 4 aromatic rings. The maximum Gasteiger partial charge on any atom is 0.258 e. The van der Waals surface area contributed by atoms with Gasteiger partial charge in [-0.25, -0.2) is 0 Å². The smallest absolute Gasteiger partial charge is 0.258 e. The summed E-state index contributed by atoms with van der Waals surface area (Å²) in [5, 5.41) is 15.6. The summed E-state index contributed by atoms with van der Waals surface area (Å²) in [5.41, 5.74) is 2.35. The number of carbonyl (C=O) groups excluding carboxylic acids is 1. The fourth-order valence-corrected chi connectivity index (χ4v) is 3.44. The van der Waals surface area contributed by atoms with Crippen molar-refractivity contribution >= 4 is 11.6 Å². The number of amides is 1. The van der Waals surface area contributed by atoms with Gasteiger partial charge in [-0.3, -0.25) is 4.79 Å². The average molecular weight is 494 g/mol. The molecule has 0 fully saturated rings. The first kappa shape index (κ1) is 24.6. The number of nitrogens with zero attached hydrogens (tertiary/aromatic N) is 4. The Morgan fingerprint density at radius 3 is 2.39 bits per heavy atom. The van der Waals surface area contributed by atoms with Crippen molar-refractivity contribution in [3.05, 3.63) is 54.1 Å². The monoisotopic (exact) mass is 493 g/mol. The van der Waals surface area contributed by atoms with Crippen LogP contribution in [0.15, 0.2) is 48.5 Å². The predicted octanol–water partition coefficient (Wildman–Crippen LogP) is 2.70. The van der Waals surface area contributed by atoms with Gasteiger partial charge in [0.1, 0.15) is 6.61 Å². The van der Waals surface area contributed by atoms with Gasteiger partial charge in [-0.2, -0.15) is 4.52 Å². The van der Waals surface area contributed by atoms with E-state index < -0.39 is 0 Å². The summed E-state index contributed by atoms with van der Waals surface area (Å²) in [4.78, 5) is 12.1. The summed E-state index contributed by atoms with van der Waals surface area (Å²) in [5.74, 6) is 2.86. The molecular weight excluding hydrogens is 466 g/mol. The molecule has 4 rings (SSSR count). The van der Waals surface area contributed by atoms with E-state index in [1.165, 1.54) is 0 Å². The molecule has 2 aromatic carbocycles. The van der Waals surface area contributed by atoms with Gasteiger partial charge in [0.25, 0.3) is 5.91 Å². The Kier molecular flexibility index (Phi) is 7.69. The lowest BCUT2D eigenvalue weighted by atomic mass is 10.2. The molecule has 1 amide bonds. The van der Waals surface area contributed by atoms with Crippen molar-refractivity contribution in [2.24, 2.45) is 0 Å². The molecule has 0 radical (unpaired) electrons. The molecule has 2 heterocycles. The van der Waals surface area contributed by atoms with E-state index in [0.717, 1.165) is 11.1 Å². The number of aryl methyl sites for hydroxylation is 1. The van der Waals surface area contributed by atoms with Gasteiger partial charge in [-0.15, -0.1) is 15.3 Å². The average Bonchev–Trinajstić information content (AvgIpc) is 3.33. The summed E-state index contributed by atoms with van der Waals surface area (Å²) in [6.45, 7) is 2.30. The molecule has 36 heavy (non-hydrogen) atoms. The summed E-state index contributed by atoms with van der Waals surface area (Å²) < 4.78 is 28.8. The maximum atomic E-state index is 12.1. The van der Waals surface area contributed by atoms with E-state index in [9.17, 15) is 4.79 Å². The molecule has 0 spiro atoms. The van der Waals surface area contributed by atoms with E-state index in [2.05, 4.69) is 20.6 Å². The maximum absolute atomic E-state index is 12.1. The molecule has 0 saturated carbocycles. The van der Waals surface area contributed by atoms with Crippen molar-refractivity contribution in [2.75, 3.05) is 41.1 Å². The number of fused-ring (bicyclic) bond motifs is 1. The number of aromatic nitrogens is 4. The summed E-state index contributed by atoms with van der Waals surface area (Å²) in [6.07, 6.45) is 0. The van der Waals surface area contributed by atoms with Crippen molar-refractivity contribution in [3.8, 4) is 40.3 Å². The fraction of sp³-hybridized carbons (Fsp3) is 0.280. The molecular formula is C25H27N5O6. The Morgan fingerprint density at radius 1 is 0.861 bits per heavy atom. The molecule has 0 saturated heterocycles. The summed E-state index contributed by atoms with van der Waals surface area (Å²) >= 11 is 0. The van der Waals surface area contributed by atoms with Crippen LogP contribution in [-0.2, 0) is 4.79 Å². The SMILES string of the molecule is COc1ccc(-c2nnc3ccc(OCCNC(=O)COc4ccc(C)cc4OC)nn23)cc1OC. The Bertz CT molecular complexity index is 1360. The standard InChI is InChI=1S/C25H27N5O6/c1-16-5-7-19(20(13-16)33-3)36-15-23(31)26-11-12-35-24-10-9-22-27-28-25(30(22)29-24)17-6-8-18(32-2)21(14-17)34-4/h5-10,13-14H,11-12,15H2,1-4H3,(H,26,31). The number of carbonyl (C=O) groups is 1. The van der Waals surface area contributed by atoms with Crippen LogP contribution in [0.3, 0.4) is 0 Å². The summed E-state index contributed by atoms with van der Waals surface area (Å²) in [6, 6.07) is 14.4. The third kappa shape index (κ3) is 5.57. The first-order valence-corrected chi connectivity index (χ1v) is 11.1. The molecule has 188 valence electrons. The minimum absolute atomic E-state index is 0.140. The van der Waals surface area contributed by atoms with E-state index in [4.69, 9.17) is 23.7 Å². The highest BCUT2D eigenvalue weighted by molar-refractivity contribution is 5.77. The Balaban J connectivity index is 1.33. The van der Waals surface area contributed by atoms with Gasteiger partial charge in [-0.05, 0) is 48.9 Å². The predicted molar refractivity (Wildman–Crippen MR) is 131 cm³/mol. The second kappa shape index (κ2) is 11.3. The molecule has 2 aromatic heterocycles. The minimum atomic E-state index is -0.279. The number of hydrogen-bond donors (Lipinski definition) is 1. The number of methoxy groups -OCH3 is 3. The highest BCUT2D eigenvalue weighted by atomic mass is 16.5. The van der Waals surface area contributed by atoms with E-state index in [1.54, 1.807) is 56.2 Å². The van der Waals surface area contributed by atoms with Gasteiger partial charge >= 0.3 is 0 Å². The van der Waals surface area contributed by atoms with Crippen LogP contribution in [0.4, 0.5) is 0 Å². The lowest BCUT2D eigenvalue weighted by Crippen LogP contribution is -2.32. The van der Waals surface area contributed by atoms with Crippen LogP contribution in [0, 0.1) is 6.92 Å². The van der Waals surface area contributed by atoms with Gasteiger partial charge in [0, 0.05) is 11.6 Å². The van der Waals surface area contributed by atoms with Crippen LogP contribution in [0.25, 0.3) is 17.0 Å². The number of hydrogen-bond acceptors (Lipinski definition) is 9. The normalized spacial score (nSPS) is 10.7. The molecule has 11 nitrogen and oxygen atoms in total. The molecule has 0 unspecified atom stereocenters. The largest absolute Gasteiger partial charge is 0.493 e. The zero-order valence-corrected chi connectivity index (χ0v) is 20.5. The first-order chi connectivity index (χ1) is 17.5. The number of benzene rings is 2. The second-order valence-corrected chi connectivity index (χ2v) is 7.68. The van der Waals surface area contributed by atoms with Crippen LogP contribution < -0.4 is 29.0 Å². The minimum Gasteiger partial charge on any atom is -0.493 e. The van der Waals surface area contributed by atoms with Crippen molar-refractivity contribution in [1.29, 1.82) is 0 Å². The number of ether oxygens (including phenoxy) is 5. The zero-order chi connectivity index (χ0) is 25.5. The Hall–Kier alpha value is -4.54. The topological polar surface area (TPSA) is 118 Å².